The van der Waals surface area contributed by atoms with Crippen molar-refractivity contribution in [3.05, 3.63) is 93.9 Å². The number of H-pyrrole nitrogens is 1. The van der Waals surface area contributed by atoms with Gasteiger partial charge in [0.1, 0.15) is 0 Å². The van der Waals surface area contributed by atoms with E-state index in [0.717, 1.165) is 17.3 Å². The normalized spacial score (nSPS) is 12.1. The first-order chi connectivity index (χ1) is 14.4. The van der Waals surface area contributed by atoms with Gasteiger partial charge in [-0.2, -0.15) is 5.10 Å². The maximum absolute atomic E-state index is 13.1. The van der Waals surface area contributed by atoms with E-state index in [2.05, 4.69) is 10.2 Å². The van der Waals surface area contributed by atoms with Crippen LogP contribution in [0.5, 0.6) is 5.75 Å². The van der Waals surface area contributed by atoms with Gasteiger partial charge in [-0.05, 0) is 30.8 Å². The van der Waals surface area contributed by atoms with E-state index in [1.165, 1.54) is 4.90 Å². The zero-order valence-electron chi connectivity index (χ0n) is 17.0. The first kappa shape index (κ1) is 21.4. The van der Waals surface area contributed by atoms with Crippen LogP contribution >= 0.6 is 0 Å². The molecule has 0 fully saturated rings. The minimum absolute atomic E-state index is 0.136. The lowest BCUT2D eigenvalue weighted by molar-refractivity contribution is 0.0690. The molecule has 6 nitrogen and oxygen atoms in total. The van der Waals surface area contributed by atoms with Gasteiger partial charge in [-0.1, -0.05) is 60.7 Å². The Morgan fingerprint density at radius 1 is 1.07 bits per heavy atom. The lowest BCUT2D eigenvalue weighted by atomic mass is 9.70. The predicted molar refractivity (Wildman–Crippen MR) is 117 cm³/mol. The third-order valence-electron chi connectivity index (χ3n) is 5.08. The zero-order chi connectivity index (χ0) is 21.7. The second-order valence-electron chi connectivity index (χ2n) is 7.47. The number of carbonyl (C=O) groups excluding carboxylic acids is 1. The quantitative estimate of drug-likeness (QED) is 0.596. The molecular formula is C23H24BN3O3. The van der Waals surface area contributed by atoms with Gasteiger partial charge in [0.05, 0.1) is 14.0 Å². The maximum atomic E-state index is 13.1. The Kier molecular flexibility index (Phi) is 6.72. The summed E-state index contributed by atoms with van der Waals surface area (Å²) in [6, 6.07) is 19.6. The number of amides is 1. The molecule has 3 rings (SSSR count). The molecule has 0 aliphatic heterocycles. The average molecular weight is 401 g/mol. The molecule has 2 aromatic carbocycles. The fraction of sp³-hybridized carbons (Fsp3) is 0.261. The fourth-order valence-electron chi connectivity index (χ4n) is 3.55. The van der Waals surface area contributed by atoms with Crippen molar-refractivity contribution in [1.82, 2.24) is 15.1 Å². The van der Waals surface area contributed by atoms with E-state index in [1.54, 1.807) is 0 Å². The molecule has 0 bridgehead atoms. The molecule has 7 heteroatoms. The molecule has 0 unspecified atom stereocenters. The molecule has 0 spiro atoms. The maximum Gasteiger partial charge on any atom is 0.276 e. The highest BCUT2D eigenvalue weighted by molar-refractivity contribution is 6.13. The van der Waals surface area contributed by atoms with Crippen LogP contribution < -0.4 is 5.43 Å². The number of benzene rings is 2. The first-order valence-electron chi connectivity index (χ1n) is 9.83. The van der Waals surface area contributed by atoms with Gasteiger partial charge < -0.3 is 10.0 Å². The third-order valence-corrected chi connectivity index (χ3v) is 5.08. The Morgan fingerprint density at radius 3 is 2.10 bits per heavy atom. The van der Waals surface area contributed by atoms with Crippen LogP contribution in [0.25, 0.3) is 0 Å². The van der Waals surface area contributed by atoms with Crippen molar-refractivity contribution in [2.75, 3.05) is 6.54 Å². The van der Waals surface area contributed by atoms with Gasteiger partial charge >= 0.3 is 0 Å². The zero-order valence-corrected chi connectivity index (χ0v) is 17.0. The number of hydrogen-bond donors (Lipinski definition) is 2. The Bertz CT molecular complexity index is 999. The molecule has 1 heterocycles. The van der Waals surface area contributed by atoms with Crippen molar-refractivity contribution in [3.8, 4) is 5.75 Å². The molecule has 1 atom stereocenters. The van der Waals surface area contributed by atoms with Crippen molar-refractivity contribution < 1.29 is 9.90 Å². The predicted octanol–water partition coefficient (Wildman–Crippen LogP) is 3.12. The summed E-state index contributed by atoms with van der Waals surface area (Å²) in [5, 5.41) is 16.1. The average Bonchev–Trinajstić information content (AvgIpc) is 2.75. The summed E-state index contributed by atoms with van der Waals surface area (Å²) in [7, 11) is 6.66. The molecule has 0 saturated carbocycles. The molecule has 152 valence electrons. The van der Waals surface area contributed by atoms with Gasteiger partial charge in [0.2, 0.25) is 5.43 Å². The van der Waals surface area contributed by atoms with Crippen LogP contribution in [0.2, 0.25) is 5.82 Å². The molecule has 1 amide bonds. The van der Waals surface area contributed by atoms with Crippen LogP contribution in [0, 0.1) is 0 Å². The van der Waals surface area contributed by atoms with Crippen molar-refractivity contribution in [2.45, 2.75) is 31.6 Å². The largest absolute Gasteiger partial charge is 0.502 e. The van der Waals surface area contributed by atoms with E-state index in [1.807, 2.05) is 74.5 Å². The summed E-state index contributed by atoms with van der Waals surface area (Å²) in [6.07, 6.45) is 0.929. The summed E-state index contributed by atoms with van der Waals surface area (Å²) in [5.74, 6) is -1.73. The Labute approximate surface area is 177 Å². The summed E-state index contributed by atoms with van der Waals surface area (Å²) >= 11 is 0. The molecular weight excluding hydrogens is 377 g/mol. The first-order valence-corrected chi connectivity index (χ1v) is 9.83. The lowest BCUT2D eigenvalue weighted by Crippen LogP contribution is -2.41. The molecule has 0 saturated heterocycles. The van der Waals surface area contributed by atoms with Crippen molar-refractivity contribution in [1.29, 1.82) is 0 Å². The van der Waals surface area contributed by atoms with Crippen LogP contribution in [-0.2, 0) is 0 Å². The van der Waals surface area contributed by atoms with Crippen LogP contribution in [0.3, 0.4) is 0 Å². The number of carbonyl (C=O) groups is 1. The smallest absolute Gasteiger partial charge is 0.276 e. The molecule has 3 aromatic rings. The second kappa shape index (κ2) is 9.44. The van der Waals surface area contributed by atoms with E-state index in [4.69, 9.17) is 7.85 Å². The number of rotatable bonds is 7. The SMILES string of the molecule is [B][C@@H](CN(C(=O)c1[nH]ncc(=O)c1O)C(C)C)C(c1ccccc1)c1ccccc1. The van der Waals surface area contributed by atoms with Crippen molar-refractivity contribution in [2.24, 2.45) is 0 Å². The van der Waals surface area contributed by atoms with Crippen LogP contribution in [0.4, 0.5) is 0 Å². The van der Waals surface area contributed by atoms with E-state index < -0.39 is 22.9 Å². The van der Waals surface area contributed by atoms with Crippen LogP contribution in [0.1, 0.15) is 41.4 Å². The highest BCUT2D eigenvalue weighted by Crippen LogP contribution is 2.35. The van der Waals surface area contributed by atoms with Crippen molar-refractivity contribution >= 4 is 13.8 Å². The molecule has 0 aliphatic rings. The minimum atomic E-state index is -0.712. The van der Waals surface area contributed by atoms with Gasteiger partial charge in [0, 0.05) is 18.5 Å². The topological polar surface area (TPSA) is 86.3 Å². The van der Waals surface area contributed by atoms with E-state index in [-0.39, 0.29) is 24.2 Å². The van der Waals surface area contributed by atoms with Crippen molar-refractivity contribution in [3.63, 3.8) is 0 Å². The Hall–Kier alpha value is -3.35. The van der Waals surface area contributed by atoms with Gasteiger partial charge in [0.25, 0.3) is 5.91 Å². The monoisotopic (exact) mass is 401 g/mol. The summed E-state index contributed by atoms with van der Waals surface area (Å²) in [5.41, 5.74) is 1.14. The molecule has 2 N–H and O–H groups in total. The number of aromatic hydroxyl groups is 1. The number of aromatic amines is 1. The van der Waals surface area contributed by atoms with Crippen LogP contribution in [0.15, 0.2) is 71.7 Å². The van der Waals surface area contributed by atoms with Gasteiger partial charge in [0.15, 0.2) is 11.4 Å². The highest BCUT2D eigenvalue weighted by atomic mass is 16.3. The van der Waals surface area contributed by atoms with E-state index >= 15 is 0 Å². The standard InChI is InChI=1S/C23H24BN3O3/c1-15(2)27(23(30)21-22(29)19(28)13-25-26-21)14-18(24)20(16-9-5-3-6-10-16)17-11-7-4-8-12-17/h3-13,15,18,20H,14H2,1-2H3,(H,25,29)(H,26,28)/t18-/m0/s1. The number of nitrogens with one attached hydrogen (secondary N) is 1. The second-order valence-corrected chi connectivity index (χ2v) is 7.47. The highest BCUT2D eigenvalue weighted by Gasteiger charge is 2.29. The van der Waals surface area contributed by atoms with Gasteiger partial charge in [-0.15, -0.1) is 0 Å². The summed E-state index contributed by atoms with van der Waals surface area (Å²) in [4.78, 5) is 26.3. The van der Waals surface area contributed by atoms with Crippen LogP contribution in [-0.4, -0.2) is 46.5 Å². The number of aromatic nitrogens is 2. The number of hydrogen-bond acceptors (Lipinski definition) is 4. The third kappa shape index (κ3) is 4.62. The Morgan fingerprint density at radius 2 is 1.60 bits per heavy atom. The van der Waals surface area contributed by atoms with Gasteiger partial charge in [-0.3, -0.25) is 14.7 Å². The number of nitrogens with zero attached hydrogens (tertiary/aromatic N) is 2. The Balaban J connectivity index is 1.94. The molecule has 0 aliphatic carbocycles. The molecule has 30 heavy (non-hydrogen) atoms. The fourth-order valence-corrected chi connectivity index (χ4v) is 3.55. The van der Waals surface area contributed by atoms with E-state index in [0.29, 0.717) is 0 Å². The minimum Gasteiger partial charge on any atom is -0.502 e. The summed E-state index contributed by atoms with van der Waals surface area (Å²) < 4.78 is 0. The molecule has 1 aromatic heterocycles. The lowest BCUT2D eigenvalue weighted by Gasteiger charge is -2.34. The van der Waals surface area contributed by atoms with E-state index in [9.17, 15) is 14.7 Å². The molecule has 2 radical (unpaired) electrons. The summed E-state index contributed by atoms with van der Waals surface area (Å²) in [6.45, 7) is 3.94. The van der Waals surface area contributed by atoms with Gasteiger partial charge in [-0.25, -0.2) is 0 Å².